The first-order chi connectivity index (χ1) is 9.70. The Bertz CT molecular complexity index is 379. The molecule has 1 aromatic carbocycles. The highest BCUT2D eigenvalue weighted by molar-refractivity contribution is 5.20. The zero-order valence-corrected chi connectivity index (χ0v) is 13.2. The van der Waals surface area contributed by atoms with Crippen LogP contribution in [0.15, 0.2) is 30.3 Å². The van der Waals surface area contributed by atoms with Gasteiger partial charge in [-0.3, -0.25) is 4.90 Å². The zero-order valence-electron chi connectivity index (χ0n) is 13.2. The van der Waals surface area contributed by atoms with Crippen LogP contribution in [0.2, 0.25) is 0 Å². The van der Waals surface area contributed by atoms with E-state index in [1.165, 1.54) is 38.0 Å². The van der Waals surface area contributed by atoms with Crippen molar-refractivity contribution in [3.05, 3.63) is 35.9 Å². The number of nitrogens with zero attached hydrogens (tertiary/aromatic N) is 2. The smallest absolute Gasteiger partial charge is 0.0475 e. The molecule has 0 spiro atoms. The van der Waals surface area contributed by atoms with Crippen molar-refractivity contribution in [2.75, 3.05) is 40.3 Å². The van der Waals surface area contributed by atoms with Crippen molar-refractivity contribution in [3.8, 4) is 0 Å². The average molecular weight is 275 g/mol. The minimum atomic E-state index is 0.555. The first kappa shape index (κ1) is 15.5. The molecular formula is C17H29N3. The molecule has 2 rings (SSSR count). The number of nitrogens with one attached hydrogen (secondary N) is 1. The van der Waals surface area contributed by atoms with Crippen LogP contribution in [0.3, 0.4) is 0 Å². The molecule has 3 heteroatoms. The molecule has 0 radical (unpaired) electrons. The largest absolute Gasteiger partial charge is 0.317 e. The highest BCUT2D eigenvalue weighted by atomic mass is 15.3. The molecule has 0 aliphatic carbocycles. The van der Waals surface area contributed by atoms with E-state index in [4.69, 9.17) is 0 Å². The highest BCUT2D eigenvalue weighted by Gasteiger charge is 2.25. The lowest BCUT2D eigenvalue weighted by Gasteiger charge is -2.40. The second-order valence-electron chi connectivity index (χ2n) is 6.06. The van der Waals surface area contributed by atoms with E-state index < -0.39 is 0 Å². The Balaban J connectivity index is 1.94. The summed E-state index contributed by atoms with van der Waals surface area (Å²) in [4.78, 5) is 5.11. The molecule has 0 saturated carbocycles. The van der Waals surface area contributed by atoms with E-state index >= 15 is 0 Å². The van der Waals surface area contributed by atoms with Crippen molar-refractivity contribution in [2.45, 2.75) is 31.8 Å². The third-order valence-corrected chi connectivity index (χ3v) is 4.45. The third-order valence-electron chi connectivity index (χ3n) is 4.45. The Hall–Kier alpha value is -0.900. The molecule has 1 aromatic rings. The number of likely N-dealkylation sites (N-methyl/N-ethyl adjacent to an activating group) is 1. The predicted octanol–water partition coefficient (Wildman–Crippen LogP) is 2.36. The summed E-state index contributed by atoms with van der Waals surface area (Å²) in [5.74, 6) is 0. The number of piperazine rings is 1. The lowest BCUT2D eigenvalue weighted by atomic mass is 10.0. The van der Waals surface area contributed by atoms with Crippen LogP contribution in [0.25, 0.3) is 0 Å². The monoisotopic (exact) mass is 275 g/mol. The van der Waals surface area contributed by atoms with Gasteiger partial charge in [-0.25, -0.2) is 0 Å². The normalized spacial score (nSPS) is 22.9. The van der Waals surface area contributed by atoms with Crippen molar-refractivity contribution < 1.29 is 0 Å². The molecule has 1 heterocycles. The van der Waals surface area contributed by atoms with Gasteiger partial charge in [0.15, 0.2) is 0 Å². The SMILES string of the molecule is CNC(C)CCCN1CCN(C)CC1c1ccccc1. The maximum absolute atomic E-state index is 3.33. The van der Waals surface area contributed by atoms with Gasteiger partial charge in [0.25, 0.3) is 0 Å². The molecule has 3 nitrogen and oxygen atoms in total. The van der Waals surface area contributed by atoms with Gasteiger partial charge in [0.05, 0.1) is 0 Å². The van der Waals surface area contributed by atoms with E-state index in [-0.39, 0.29) is 0 Å². The van der Waals surface area contributed by atoms with Gasteiger partial charge in [0, 0.05) is 31.7 Å². The molecule has 0 aromatic heterocycles. The van der Waals surface area contributed by atoms with Crippen molar-refractivity contribution in [1.82, 2.24) is 15.1 Å². The lowest BCUT2D eigenvalue weighted by molar-refractivity contribution is 0.0877. The fourth-order valence-electron chi connectivity index (χ4n) is 2.96. The van der Waals surface area contributed by atoms with E-state index in [0.717, 1.165) is 6.54 Å². The summed E-state index contributed by atoms with van der Waals surface area (Å²) in [7, 11) is 4.28. The maximum Gasteiger partial charge on any atom is 0.0475 e. The van der Waals surface area contributed by atoms with E-state index in [2.05, 4.69) is 59.4 Å². The van der Waals surface area contributed by atoms with Crippen LogP contribution < -0.4 is 5.32 Å². The Labute approximate surface area is 124 Å². The number of benzene rings is 1. The molecule has 2 atom stereocenters. The Morgan fingerprint density at radius 3 is 2.70 bits per heavy atom. The quantitative estimate of drug-likeness (QED) is 0.860. The fourth-order valence-corrected chi connectivity index (χ4v) is 2.96. The van der Waals surface area contributed by atoms with E-state index in [1.807, 2.05) is 7.05 Å². The highest BCUT2D eigenvalue weighted by Crippen LogP contribution is 2.25. The van der Waals surface area contributed by atoms with Crippen LogP contribution in [-0.4, -0.2) is 56.1 Å². The molecule has 0 bridgehead atoms. The van der Waals surface area contributed by atoms with Crippen molar-refractivity contribution >= 4 is 0 Å². The molecule has 1 N–H and O–H groups in total. The Morgan fingerprint density at radius 1 is 1.25 bits per heavy atom. The van der Waals surface area contributed by atoms with Crippen molar-refractivity contribution in [1.29, 1.82) is 0 Å². The first-order valence-electron chi connectivity index (χ1n) is 7.85. The summed E-state index contributed by atoms with van der Waals surface area (Å²) >= 11 is 0. The summed E-state index contributed by atoms with van der Waals surface area (Å²) in [5.41, 5.74) is 1.46. The molecule has 1 aliphatic rings. The summed E-state index contributed by atoms with van der Waals surface area (Å²) in [6.07, 6.45) is 2.53. The van der Waals surface area contributed by atoms with Crippen LogP contribution in [0, 0.1) is 0 Å². The van der Waals surface area contributed by atoms with Gasteiger partial charge in [-0.1, -0.05) is 30.3 Å². The molecule has 2 unspecified atom stereocenters. The van der Waals surface area contributed by atoms with Crippen molar-refractivity contribution in [2.24, 2.45) is 0 Å². The average Bonchev–Trinajstić information content (AvgIpc) is 2.49. The van der Waals surface area contributed by atoms with Crippen LogP contribution in [0.1, 0.15) is 31.4 Å². The lowest BCUT2D eigenvalue weighted by Crippen LogP contribution is -2.47. The third kappa shape index (κ3) is 4.30. The second kappa shape index (κ2) is 7.77. The molecule has 0 amide bonds. The van der Waals surface area contributed by atoms with E-state index in [9.17, 15) is 0 Å². The summed E-state index contributed by atoms with van der Waals surface area (Å²) in [6.45, 7) is 6.98. The Kier molecular flexibility index (Phi) is 6.02. The number of hydrogen-bond donors (Lipinski definition) is 1. The van der Waals surface area contributed by atoms with Gasteiger partial charge >= 0.3 is 0 Å². The summed E-state index contributed by atoms with van der Waals surface area (Å²) in [5, 5.41) is 3.33. The molecule has 112 valence electrons. The predicted molar refractivity (Wildman–Crippen MR) is 86.0 cm³/mol. The molecule has 20 heavy (non-hydrogen) atoms. The minimum Gasteiger partial charge on any atom is -0.317 e. The standard InChI is InChI=1S/C17H29N3/c1-15(18-2)8-7-11-20-13-12-19(3)14-17(20)16-9-5-4-6-10-16/h4-6,9-10,15,17-18H,7-8,11-14H2,1-3H3. The van der Waals surface area contributed by atoms with Crippen LogP contribution >= 0.6 is 0 Å². The van der Waals surface area contributed by atoms with Gasteiger partial charge in [-0.2, -0.15) is 0 Å². The van der Waals surface area contributed by atoms with Crippen molar-refractivity contribution in [3.63, 3.8) is 0 Å². The van der Waals surface area contributed by atoms with Crippen LogP contribution in [-0.2, 0) is 0 Å². The van der Waals surface area contributed by atoms with E-state index in [0.29, 0.717) is 12.1 Å². The first-order valence-corrected chi connectivity index (χ1v) is 7.85. The van der Waals surface area contributed by atoms with Gasteiger partial charge in [-0.05, 0) is 46.0 Å². The number of rotatable bonds is 6. The summed E-state index contributed by atoms with van der Waals surface area (Å²) < 4.78 is 0. The van der Waals surface area contributed by atoms with Gasteiger partial charge in [0.1, 0.15) is 0 Å². The molecule has 1 saturated heterocycles. The number of hydrogen-bond acceptors (Lipinski definition) is 3. The summed E-state index contributed by atoms with van der Waals surface area (Å²) in [6, 6.07) is 12.1. The minimum absolute atomic E-state index is 0.555. The second-order valence-corrected chi connectivity index (χ2v) is 6.06. The van der Waals surface area contributed by atoms with Crippen LogP contribution in [0.4, 0.5) is 0 Å². The Morgan fingerprint density at radius 2 is 2.00 bits per heavy atom. The van der Waals surface area contributed by atoms with Gasteiger partial charge < -0.3 is 10.2 Å². The topological polar surface area (TPSA) is 18.5 Å². The van der Waals surface area contributed by atoms with Gasteiger partial charge in [-0.15, -0.1) is 0 Å². The maximum atomic E-state index is 3.33. The zero-order chi connectivity index (χ0) is 14.4. The molecule has 1 aliphatic heterocycles. The van der Waals surface area contributed by atoms with E-state index in [1.54, 1.807) is 0 Å². The molecular weight excluding hydrogens is 246 g/mol. The molecule has 1 fully saturated rings. The fraction of sp³-hybridized carbons (Fsp3) is 0.647. The van der Waals surface area contributed by atoms with Gasteiger partial charge in [0.2, 0.25) is 0 Å². The van der Waals surface area contributed by atoms with Crippen LogP contribution in [0.5, 0.6) is 0 Å².